The van der Waals surface area contributed by atoms with Gasteiger partial charge < -0.3 is 10.6 Å². The van der Waals surface area contributed by atoms with Crippen molar-refractivity contribution in [2.24, 2.45) is 5.92 Å². The molecule has 1 aromatic heterocycles. The van der Waals surface area contributed by atoms with E-state index in [0.717, 1.165) is 30.6 Å². The molecule has 0 saturated heterocycles. The Hall–Kier alpha value is -2.14. The number of carbonyl (C=O) groups excluding carboxylic acids is 1. The van der Waals surface area contributed by atoms with Gasteiger partial charge in [0.05, 0.1) is 10.8 Å². The Morgan fingerprint density at radius 1 is 1.60 bits per heavy atom. The average molecular weight is 294 g/mol. The van der Waals surface area contributed by atoms with E-state index in [1.807, 2.05) is 6.07 Å². The third kappa shape index (κ3) is 2.72. The summed E-state index contributed by atoms with van der Waals surface area (Å²) in [7, 11) is 1.58. The van der Waals surface area contributed by atoms with Gasteiger partial charge in [0.25, 0.3) is 0 Å². The van der Waals surface area contributed by atoms with Crippen LogP contribution in [-0.2, 0) is 4.79 Å². The summed E-state index contributed by atoms with van der Waals surface area (Å²) in [6.45, 7) is 0. The van der Waals surface area contributed by atoms with Crippen molar-refractivity contribution in [3.63, 3.8) is 0 Å². The molecular formula is C12H14N4O3S. The molecule has 7 nitrogen and oxygen atoms in total. The van der Waals surface area contributed by atoms with Crippen LogP contribution < -0.4 is 10.6 Å². The van der Waals surface area contributed by atoms with Gasteiger partial charge in [0.15, 0.2) is 0 Å². The third-order valence-electron chi connectivity index (χ3n) is 3.43. The van der Waals surface area contributed by atoms with Crippen molar-refractivity contribution in [2.45, 2.75) is 25.3 Å². The zero-order chi connectivity index (χ0) is 14.7. The minimum absolute atomic E-state index is 0.0570. The van der Waals surface area contributed by atoms with Crippen LogP contribution in [-0.4, -0.2) is 23.9 Å². The molecule has 1 aliphatic carbocycles. The van der Waals surface area contributed by atoms with E-state index in [0.29, 0.717) is 5.69 Å². The van der Waals surface area contributed by atoms with Crippen LogP contribution in [0.2, 0.25) is 0 Å². The van der Waals surface area contributed by atoms with Crippen molar-refractivity contribution in [3.8, 4) is 6.07 Å². The molecule has 0 aromatic carbocycles. The second kappa shape index (κ2) is 5.88. The Labute approximate surface area is 119 Å². The van der Waals surface area contributed by atoms with E-state index in [-0.39, 0.29) is 27.7 Å². The molecule has 1 heterocycles. The molecule has 8 heteroatoms. The van der Waals surface area contributed by atoms with Gasteiger partial charge in [-0.2, -0.15) is 5.26 Å². The molecule has 1 saturated carbocycles. The Balaban J connectivity index is 2.21. The number of rotatable bonds is 4. The molecule has 0 spiro atoms. The zero-order valence-corrected chi connectivity index (χ0v) is 11.7. The van der Waals surface area contributed by atoms with E-state index < -0.39 is 4.92 Å². The number of nitro groups is 1. The number of nitriles is 1. The van der Waals surface area contributed by atoms with Gasteiger partial charge in [-0.1, -0.05) is 6.42 Å². The Bertz CT molecular complexity index is 578. The summed E-state index contributed by atoms with van der Waals surface area (Å²) in [5.74, 6) is -0.247. The first-order valence-corrected chi connectivity index (χ1v) is 7.05. The van der Waals surface area contributed by atoms with E-state index in [1.165, 1.54) is 6.07 Å². The van der Waals surface area contributed by atoms with Crippen LogP contribution >= 0.6 is 11.3 Å². The first kappa shape index (κ1) is 14.3. The minimum atomic E-state index is -0.502. The lowest BCUT2D eigenvalue weighted by atomic mass is 10.0. The highest BCUT2D eigenvalue weighted by molar-refractivity contribution is 7.16. The van der Waals surface area contributed by atoms with Crippen LogP contribution in [0.5, 0.6) is 0 Å². The fourth-order valence-corrected chi connectivity index (χ4v) is 3.24. The van der Waals surface area contributed by atoms with Gasteiger partial charge in [0.1, 0.15) is 16.6 Å². The summed E-state index contributed by atoms with van der Waals surface area (Å²) in [6, 6.07) is 3.25. The number of nitrogens with zero attached hydrogens (tertiary/aromatic N) is 2. The SMILES string of the molecule is CNC(=O)C1CCCC1Nc1cc(C#N)sc1[N+](=O)[O-]. The lowest BCUT2D eigenvalue weighted by molar-refractivity contribution is -0.379. The van der Waals surface area contributed by atoms with E-state index >= 15 is 0 Å². The maximum absolute atomic E-state index is 11.8. The van der Waals surface area contributed by atoms with Crippen LogP contribution in [0.25, 0.3) is 0 Å². The molecule has 20 heavy (non-hydrogen) atoms. The largest absolute Gasteiger partial charge is 0.375 e. The molecule has 2 N–H and O–H groups in total. The molecule has 0 radical (unpaired) electrons. The molecule has 106 valence electrons. The van der Waals surface area contributed by atoms with Gasteiger partial charge in [-0.05, 0) is 30.2 Å². The fraction of sp³-hybridized carbons (Fsp3) is 0.500. The number of nitrogens with one attached hydrogen (secondary N) is 2. The van der Waals surface area contributed by atoms with Crippen molar-refractivity contribution >= 4 is 27.9 Å². The third-order valence-corrected chi connectivity index (χ3v) is 4.42. The Morgan fingerprint density at radius 2 is 2.35 bits per heavy atom. The normalized spacial score (nSPS) is 21.2. The summed E-state index contributed by atoms with van der Waals surface area (Å²) in [6.07, 6.45) is 2.45. The number of amides is 1. The summed E-state index contributed by atoms with van der Waals surface area (Å²) in [4.78, 5) is 22.5. The van der Waals surface area contributed by atoms with Crippen molar-refractivity contribution < 1.29 is 9.72 Å². The van der Waals surface area contributed by atoms with Gasteiger partial charge in [-0.3, -0.25) is 14.9 Å². The molecule has 0 bridgehead atoms. The summed E-state index contributed by atoms with van der Waals surface area (Å²) in [5.41, 5.74) is 0.331. The predicted molar refractivity (Wildman–Crippen MR) is 74.5 cm³/mol. The average Bonchev–Trinajstić information content (AvgIpc) is 3.05. The van der Waals surface area contributed by atoms with Crippen LogP contribution in [0.3, 0.4) is 0 Å². The van der Waals surface area contributed by atoms with E-state index in [9.17, 15) is 14.9 Å². The lowest BCUT2D eigenvalue weighted by Crippen LogP contribution is -2.36. The first-order valence-electron chi connectivity index (χ1n) is 6.23. The van der Waals surface area contributed by atoms with E-state index in [1.54, 1.807) is 7.05 Å². The maximum atomic E-state index is 11.8. The predicted octanol–water partition coefficient (Wildman–Crippen LogP) is 1.85. The molecule has 2 unspecified atom stereocenters. The molecule has 2 atom stereocenters. The van der Waals surface area contributed by atoms with Crippen LogP contribution in [0.15, 0.2) is 6.07 Å². The second-order valence-electron chi connectivity index (χ2n) is 4.60. The first-order chi connectivity index (χ1) is 9.56. The van der Waals surface area contributed by atoms with Gasteiger partial charge >= 0.3 is 5.00 Å². The van der Waals surface area contributed by atoms with E-state index in [2.05, 4.69) is 10.6 Å². The van der Waals surface area contributed by atoms with E-state index in [4.69, 9.17) is 5.26 Å². The summed E-state index contributed by atoms with van der Waals surface area (Å²) < 4.78 is 0. The Morgan fingerprint density at radius 3 is 2.95 bits per heavy atom. The molecule has 1 aromatic rings. The molecule has 1 amide bonds. The number of hydrogen-bond acceptors (Lipinski definition) is 6. The second-order valence-corrected chi connectivity index (χ2v) is 5.63. The lowest BCUT2D eigenvalue weighted by Gasteiger charge is -2.19. The molecule has 2 rings (SSSR count). The monoisotopic (exact) mass is 294 g/mol. The summed E-state index contributed by atoms with van der Waals surface area (Å²) >= 11 is 0.843. The molecule has 1 fully saturated rings. The highest BCUT2D eigenvalue weighted by atomic mass is 32.1. The van der Waals surface area contributed by atoms with Gasteiger partial charge in [-0.25, -0.2) is 0 Å². The van der Waals surface area contributed by atoms with Crippen LogP contribution in [0, 0.1) is 27.4 Å². The fourth-order valence-electron chi connectivity index (χ4n) is 2.51. The van der Waals surface area contributed by atoms with Crippen LogP contribution in [0.1, 0.15) is 24.1 Å². The number of carbonyl (C=O) groups is 1. The number of hydrogen-bond donors (Lipinski definition) is 2. The van der Waals surface area contributed by atoms with Crippen LogP contribution in [0.4, 0.5) is 10.7 Å². The molecule has 1 aliphatic rings. The molecular weight excluding hydrogens is 280 g/mol. The summed E-state index contributed by atoms with van der Waals surface area (Å²) in [5, 5.41) is 25.4. The number of anilines is 1. The van der Waals surface area contributed by atoms with Crippen molar-refractivity contribution in [1.82, 2.24) is 5.32 Å². The maximum Gasteiger partial charge on any atom is 0.348 e. The van der Waals surface area contributed by atoms with Crippen molar-refractivity contribution in [3.05, 3.63) is 21.1 Å². The quantitative estimate of drug-likeness (QED) is 0.650. The highest BCUT2D eigenvalue weighted by Crippen LogP contribution is 2.37. The van der Waals surface area contributed by atoms with Gasteiger partial charge in [0.2, 0.25) is 5.91 Å². The Kier molecular flexibility index (Phi) is 4.20. The topological polar surface area (TPSA) is 108 Å². The van der Waals surface area contributed by atoms with Crippen molar-refractivity contribution in [2.75, 3.05) is 12.4 Å². The molecule has 0 aliphatic heterocycles. The van der Waals surface area contributed by atoms with Gasteiger partial charge in [-0.15, -0.1) is 0 Å². The minimum Gasteiger partial charge on any atom is -0.375 e. The standard InChI is InChI=1S/C12H14N4O3S/c1-14-11(17)8-3-2-4-9(8)15-10-5-7(6-13)20-12(10)16(18)19/h5,8-9,15H,2-4H2,1H3,(H,14,17). The zero-order valence-electron chi connectivity index (χ0n) is 10.9. The highest BCUT2D eigenvalue weighted by Gasteiger charge is 2.34. The van der Waals surface area contributed by atoms with Gasteiger partial charge in [0, 0.05) is 13.1 Å². The smallest absolute Gasteiger partial charge is 0.348 e. The van der Waals surface area contributed by atoms with Crippen molar-refractivity contribution in [1.29, 1.82) is 5.26 Å². The number of thiophene rings is 1.